The Hall–Kier alpha value is -1.12. The van der Waals surface area contributed by atoms with Gasteiger partial charge in [-0.2, -0.15) is 5.10 Å². The fourth-order valence-corrected chi connectivity index (χ4v) is 2.84. The van der Waals surface area contributed by atoms with Crippen molar-refractivity contribution in [1.29, 1.82) is 0 Å². The third kappa shape index (κ3) is 3.18. The van der Waals surface area contributed by atoms with Crippen LogP contribution in [0.25, 0.3) is 0 Å². The van der Waals surface area contributed by atoms with Gasteiger partial charge in [-0.25, -0.2) is 13.1 Å². The van der Waals surface area contributed by atoms with Gasteiger partial charge in [0, 0.05) is 27.3 Å². The van der Waals surface area contributed by atoms with Crippen molar-refractivity contribution in [3.05, 3.63) is 5.69 Å². The molecule has 0 bridgehead atoms. The minimum absolute atomic E-state index is 0.0178. The lowest BCUT2D eigenvalue weighted by atomic mass is 10.5. The molecule has 8 heteroatoms. The van der Waals surface area contributed by atoms with Crippen molar-refractivity contribution in [2.45, 2.75) is 18.2 Å². The molecule has 7 nitrogen and oxygen atoms in total. The average molecular weight is 262 g/mol. The summed E-state index contributed by atoms with van der Waals surface area (Å²) in [5.74, 6) is 0.0178. The van der Waals surface area contributed by atoms with E-state index in [0.717, 1.165) is 0 Å². The molecule has 0 amide bonds. The first-order chi connectivity index (χ1) is 7.90. The smallest absolute Gasteiger partial charge is 0.246 e. The van der Waals surface area contributed by atoms with E-state index in [1.54, 1.807) is 21.1 Å². The van der Waals surface area contributed by atoms with Crippen molar-refractivity contribution in [1.82, 2.24) is 14.5 Å². The molecule has 0 saturated heterocycles. The van der Waals surface area contributed by atoms with Gasteiger partial charge >= 0.3 is 0 Å². The highest BCUT2D eigenvalue weighted by Gasteiger charge is 2.23. The first-order valence-electron chi connectivity index (χ1n) is 5.18. The fraction of sp³-hybridized carbons (Fsp3) is 0.667. The molecule has 17 heavy (non-hydrogen) atoms. The highest BCUT2D eigenvalue weighted by atomic mass is 32.2. The number of sulfonamides is 1. The van der Waals surface area contributed by atoms with Gasteiger partial charge in [0.25, 0.3) is 0 Å². The van der Waals surface area contributed by atoms with Crippen LogP contribution < -0.4 is 10.5 Å². The van der Waals surface area contributed by atoms with Gasteiger partial charge in [0.1, 0.15) is 4.90 Å². The maximum absolute atomic E-state index is 12.0. The van der Waals surface area contributed by atoms with E-state index >= 15 is 0 Å². The molecule has 98 valence electrons. The molecule has 3 N–H and O–H groups in total. The number of nitrogens with one attached hydrogen (secondary N) is 1. The van der Waals surface area contributed by atoms with E-state index in [9.17, 15) is 8.42 Å². The number of rotatable bonds is 6. The summed E-state index contributed by atoms with van der Waals surface area (Å²) < 4.78 is 32.7. The van der Waals surface area contributed by atoms with Gasteiger partial charge in [0.2, 0.25) is 10.0 Å². The van der Waals surface area contributed by atoms with E-state index in [1.807, 2.05) is 0 Å². The summed E-state index contributed by atoms with van der Waals surface area (Å²) in [6.07, 6.45) is 0.606. The lowest BCUT2D eigenvalue weighted by Gasteiger charge is -2.06. The number of aryl methyl sites for hydroxylation is 1. The quantitative estimate of drug-likeness (QED) is 0.681. The fourth-order valence-electron chi connectivity index (χ4n) is 1.44. The normalized spacial score (nSPS) is 11.9. The summed E-state index contributed by atoms with van der Waals surface area (Å²) in [6, 6.07) is 0. The second-order valence-electron chi connectivity index (χ2n) is 3.67. The van der Waals surface area contributed by atoms with Crippen molar-refractivity contribution in [3.63, 3.8) is 0 Å². The molecule has 0 aliphatic heterocycles. The van der Waals surface area contributed by atoms with Gasteiger partial charge in [-0.1, -0.05) is 0 Å². The lowest BCUT2D eigenvalue weighted by molar-refractivity contribution is 0.196. The minimum Gasteiger partial charge on any atom is -0.385 e. The van der Waals surface area contributed by atoms with Gasteiger partial charge in [0.15, 0.2) is 5.82 Å². The van der Waals surface area contributed by atoms with Crippen LogP contribution in [-0.4, -0.2) is 38.5 Å². The third-order valence-corrected chi connectivity index (χ3v) is 4.02. The highest BCUT2D eigenvalue weighted by molar-refractivity contribution is 7.89. The summed E-state index contributed by atoms with van der Waals surface area (Å²) in [4.78, 5) is 0.0532. The number of aromatic nitrogens is 2. The zero-order chi connectivity index (χ0) is 13.1. The molecular formula is C9H18N4O3S. The number of anilines is 1. The topological polar surface area (TPSA) is 99.2 Å². The summed E-state index contributed by atoms with van der Waals surface area (Å²) in [7, 11) is -0.379. The Morgan fingerprint density at radius 2 is 2.18 bits per heavy atom. The molecule has 1 heterocycles. The van der Waals surface area contributed by atoms with Crippen LogP contribution in [0.3, 0.4) is 0 Å². The largest absolute Gasteiger partial charge is 0.385 e. The molecule has 0 radical (unpaired) electrons. The van der Waals surface area contributed by atoms with Crippen LogP contribution in [-0.2, 0) is 21.8 Å². The zero-order valence-electron chi connectivity index (χ0n) is 10.2. The molecule has 0 unspecified atom stereocenters. The number of hydrogen-bond donors (Lipinski definition) is 2. The second-order valence-corrected chi connectivity index (χ2v) is 5.37. The number of nitrogens with zero attached hydrogens (tertiary/aromatic N) is 2. The maximum Gasteiger partial charge on any atom is 0.246 e. The minimum atomic E-state index is -3.60. The van der Waals surface area contributed by atoms with Gasteiger partial charge in [-0.3, -0.25) is 4.68 Å². The number of hydrogen-bond acceptors (Lipinski definition) is 5. The van der Waals surface area contributed by atoms with Crippen LogP contribution in [0.5, 0.6) is 0 Å². The Balaban J connectivity index is 2.83. The lowest BCUT2D eigenvalue weighted by Crippen LogP contribution is -2.26. The van der Waals surface area contributed by atoms with Gasteiger partial charge in [-0.05, 0) is 13.3 Å². The average Bonchev–Trinajstić information content (AvgIpc) is 2.48. The molecule has 1 rings (SSSR count). The van der Waals surface area contributed by atoms with Crippen molar-refractivity contribution < 1.29 is 13.2 Å². The van der Waals surface area contributed by atoms with Crippen LogP contribution in [0.15, 0.2) is 4.90 Å². The van der Waals surface area contributed by atoms with Crippen LogP contribution in [0, 0.1) is 6.92 Å². The molecule has 1 aromatic heterocycles. The van der Waals surface area contributed by atoms with Crippen LogP contribution in [0.4, 0.5) is 5.82 Å². The summed E-state index contributed by atoms with van der Waals surface area (Å²) in [6.45, 7) is 2.47. The Bertz CT molecular complexity index is 481. The van der Waals surface area contributed by atoms with E-state index in [-0.39, 0.29) is 10.7 Å². The van der Waals surface area contributed by atoms with Crippen molar-refractivity contribution in [2.24, 2.45) is 7.05 Å². The number of nitrogen functional groups attached to an aromatic ring is 1. The molecule has 0 aliphatic rings. The standard InChI is InChI=1S/C9H18N4O3S/c1-7-8(9(10)12-13(7)2)17(14,15)11-5-4-6-16-3/h11H,4-6H2,1-3H3,(H2,10,12). The van der Waals surface area contributed by atoms with Crippen LogP contribution in [0.1, 0.15) is 12.1 Å². The Morgan fingerprint density at radius 3 is 2.65 bits per heavy atom. The van der Waals surface area contributed by atoms with E-state index < -0.39 is 10.0 Å². The van der Waals surface area contributed by atoms with Gasteiger partial charge in [0.05, 0.1) is 5.69 Å². The zero-order valence-corrected chi connectivity index (χ0v) is 11.0. The first kappa shape index (κ1) is 13.9. The third-order valence-electron chi connectivity index (χ3n) is 2.39. The monoisotopic (exact) mass is 262 g/mol. The molecule has 0 aromatic carbocycles. The Kier molecular flexibility index (Phi) is 4.49. The molecule has 0 saturated carbocycles. The highest BCUT2D eigenvalue weighted by Crippen LogP contribution is 2.20. The van der Waals surface area contributed by atoms with E-state index in [0.29, 0.717) is 25.3 Å². The Labute approximate surface area is 101 Å². The first-order valence-corrected chi connectivity index (χ1v) is 6.66. The van der Waals surface area contributed by atoms with Gasteiger partial charge < -0.3 is 10.5 Å². The molecule has 0 spiro atoms. The SMILES string of the molecule is COCCCNS(=O)(=O)c1c(N)nn(C)c1C. The van der Waals surface area contributed by atoms with E-state index in [1.165, 1.54) is 4.68 Å². The van der Waals surface area contributed by atoms with Crippen molar-refractivity contribution >= 4 is 15.8 Å². The van der Waals surface area contributed by atoms with E-state index in [4.69, 9.17) is 10.5 Å². The van der Waals surface area contributed by atoms with Crippen LogP contribution >= 0.6 is 0 Å². The van der Waals surface area contributed by atoms with Crippen molar-refractivity contribution in [3.8, 4) is 0 Å². The number of ether oxygens (including phenoxy) is 1. The maximum atomic E-state index is 12.0. The van der Waals surface area contributed by atoms with Crippen LogP contribution in [0.2, 0.25) is 0 Å². The summed E-state index contributed by atoms with van der Waals surface area (Å²) in [5.41, 5.74) is 6.10. The number of nitrogens with two attached hydrogens (primary N) is 1. The molecular weight excluding hydrogens is 244 g/mol. The number of methoxy groups -OCH3 is 1. The second kappa shape index (κ2) is 5.48. The summed E-state index contributed by atoms with van der Waals surface area (Å²) >= 11 is 0. The Morgan fingerprint density at radius 1 is 1.53 bits per heavy atom. The van der Waals surface area contributed by atoms with E-state index in [2.05, 4.69) is 9.82 Å². The van der Waals surface area contributed by atoms with Crippen molar-refractivity contribution in [2.75, 3.05) is 26.0 Å². The predicted octanol–water partition coefficient (Wildman–Crippen LogP) is -0.374. The predicted molar refractivity (Wildman–Crippen MR) is 64.0 cm³/mol. The molecule has 1 aromatic rings. The summed E-state index contributed by atoms with van der Waals surface area (Å²) in [5, 5.41) is 3.87. The molecule has 0 fully saturated rings. The molecule has 0 aliphatic carbocycles. The molecule has 0 atom stereocenters. The van der Waals surface area contributed by atoms with Gasteiger partial charge in [-0.15, -0.1) is 0 Å².